The second kappa shape index (κ2) is 8.17. The molecule has 8 nitrogen and oxygen atoms in total. The van der Waals surface area contributed by atoms with Gasteiger partial charge in [0.15, 0.2) is 5.13 Å². The van der Waals surface area contributed by atoms with Gasteiger partial charge in [0.1, 0.15) is 11.6 Å². The maximum Gasteiger partial charge on any atom is 0.416 e. The predicted octanol–water partition coefficient (Wildman–Crippen LogP) is 5.22. The predicted molar refractivity (Wildman–Crippen MR) is 134 cm³/mol. The minimum Gasteiger partial charge on any atom is -0.507 e. The molecule has 1 amide bonds. The van der Waals surface area contributed by atoms with Crippen LogP contribution in [0.4, 0.5) is 24.1 Å². The molecule has 12 heteroatoms. The van der Waals surface area contributed by atoms with Crippen molar-refractivity contribution in [3.63, 3.8) is 0 Å². The first kappa shape index (κ1) is 23.2. The number of aromatic hydroxyl groups is 1. The van der Waals surface area contributed by atoms with Crippen molar-refractivity contribution in [2.75, 3.05) is 10.6 Å². The molecule has 0 saturated heterocycles. The number of benzene rings is 2. The van der Waals surface area contributed by atoms with Crippen LogP contribution in [0.1, 0.15) is 39.5 Å². The van der Waals surface area contributed by atoms with Crippen LogP contribution in [0.2, 0.25) is 0 Å². The van der Waals surface area contributed by atoms with Crippen molar-refractivity contribution in [3.05, 3.63) is 70.4 Å². The number of amides is 1. The Morgan fingerprint density at radius 1 is 1.24 bits per heavy atom. The second-order valence-corrected chi connectivity index (χ2v) is 9.74. The summed E-state index contributed by atoms with van der Waals surface area (Å²) in [6.07, 6.45) is -0.529. The standard InChI is InChI=1S/C25H19F3N6O2S/c1-33-21-15-9-16(20(35)10-18(15)32-22(29)17(21)11-31-33)23(36)34(24-30-6-7-37-24)19-5-2-12-8-13(25(26,27)28)3-4-14(12)19/h3-4,6-11,19,35H,2,5H2,1H3,(H2,29,32)/t19-/m1/s1. The van der Waals surface area contributed by atoms with Crippen molar-refractivity contribution in [1.29, 1.82) is 0 Å². The van der Waals surface area contributed by atoms with E-state index in [0.29, 0.717) is 50.9 Å². The van der Waals surface area contributed by atoms with Crippen molar-refractivity contribution in [2.24, 2.45) is 7.05 Å². The summed E-state index contributed by atoms with van der Waals surface area (Å²) in [5.74, 6) is -0.573. The highest BCUT2D eigenvalue weighted by atomic mass is 32.1. The Morgan fingerprint density at radius 2 is 2.05 bits per heavy atom. The van der Waals surface area contributed by atoms with Gasteiger partial charge in [0.25, 0.3) is 5.91 Å². The summed E-state index contributed by atoms with van der Waals surface area (Å²) >= 11 is 1.23. The second-order valence-electron chi connectivity index (χ2n) is 8.87. The Labute approximate surface area is 211 Å². The molecule has 1 aliphatic carbocycles. The summed E-state index contributed by atoms with van der Waals surface area (Å²) in [6, 6.07) is 5.98. The van der Waals surface area contributed by atoms with E-state index in [1.54, 1.807) is 35.6 Å². The number of nitrogen functional groups attached to an aromatic ring is 1. The van der Waals surface area contributed by atoms with Crippen molar-refractivity contribution in [3.8, 4) is 5.75 Å². The number of carbonyl (C=O) groups is 1. The third kappa shape index (κ3) is 3.67. The van der Waals surface area contributed by atoms with Crippen molar-refractivity contribution >= 4 is 50.0 Å². The van der Waals surface area contributed by atoms with E-state index in [9.17, 15) is 23.1 Å². The molecule has 6 rings (SSSR count). The summed E-state index contributed by atoms with van der Waals surface area (Å²) in [5.41, 5.74) is 7.56. The molecule has 188 valence electrons. The molecular weight excluding hydrogens is 505 g/mol. The first-order chi connectivity index (χ1) is 17.6. The molecule has 3 N–H and O–H groups in total. The lowest BCUT2D eigenvalue weighted by atomic mass is 10.0. The maximum absolute atomic E-state index is 14.0. The van der Waals surface area contributed by atoms with Gasteiger partial charge in [0, 0.05) is 30.1 Å². The lowest BCUT2D eigenvalue weighted by Crippen LogP contribution is -2.34. The van der Waals surface area contributed by atoms with Crippen LogP contribution in [0.15, 0.2) is 48.1 Å². The van der Waals surface area contributed by atoms with Crippen LogP contribution in [-0.4, -0.2) is 30.8 Å². The Bertz CT molecular complexity index is 1700. The molecule has 0 fully saturated rings. The molecule has 0 radical (unpaired) electrons. The van der Waals surface area contributed by atoms with Crippen molar-refractivity contribution in [2.45, 2.75) is 25.1 Å². The zero-order valence-electron chi connectivity index (χ0n) is 19.3. The Kier molecular flexibility index (Phi) is 5.13. The van der Waals surface area contributed by atoms with Crippen molar-refractivity contribution in [1.82, 2.24) is 19.7 Å². The first-order valence-electron chi connectivity index (χ1n) is 11.3. The summed E-state index contributed by atoms with van der Waals surface area (Å²) in [6.45, 7) is 0. The summed E-state index contributed by atoms with van der Waals surface area (Å²) in [4.78, 5) is 24.2. The highest BCUT2D eigenvalue weighted by Crippen LogP contribution is 2.43. The normalized spacial score (nSPS) is 15.4. The van der Waals surface area contributed by atoms with Gasteiger partial charge in [-0.1, -0.05) is 6.07 Å². The number of hydrogen-bond donors (Lipinski definition) is 2. The highest BCUT2D eigenvalue weighted by molar-refractivity contribution is 7.13. The number of phenols is 1. The monoisotopic (exact) mass is 524 g/mol. The lowest BCUT2D eigenvalue weighted by molar-refractivity contribution is -0.137. The zero-order valence-corrected chi connectivity index (χ0v) is 20.1. The van der Waals surface area contributed by atoms with Gasteiger partial charge >= 0.3 is 6.18 Å². The molecule has 3 aromatic heterocycles. The number of anilines is 2. The summed E-state index contributed by atoms with van der Waals surface area (Å²) < 4.78 is 41.5. The van der Waals surface area contributed by atoms with E-state index in [4.69, 9.17) is 5.73 Å². The molecule has 0 spiro atoms. The SMILES string of the molecule is Cn1ncc2c(N)nc3cc(O)c(C(=O)N(c4nccs4)[C@@H]4CCc5cc(C(F)(F)F)ccc54)cc3c21. The Balaban J connectivity index is 1.49. The number of carbonyl (C=O) groups excluding carboxylic acids is 1. The largest absolute Gasteiger partial charge is 0.507 e. The fraction of sp³-hybridized carbons (Fsp3) is 0.200. The van der Waals surface area contributed by atoms with E-state index in [2.05, 4.69) is 15.1 Å². The van der Waals surface area contributed by atoms with Crippen LogP contribution < -0.4 is 10.6 Å². The molecular formula is C25H19F3N6O2S. The van der Waals surface area contributed by atoms with Gasteiger partial charge in [-0.05, 0) is 42.2 Å². The number of alkyl halides is 3. The third-order valence-electron chi connectivity index (χ3n) is 6.73. The quantitative estimate of drug-likeness (QED) is 0.335. The number of pyridine rings is 1. The minimum atomic E-state index is -4.45. The number of nitrogens with zero attached hydrogens (tertiary/aromatic N) is 5. The number of fused-ring (bicyclic) bond motifs is 4. The van der Waals surface area contributed by atoms with Crippen LogP contribution in [0.3, 0.4) is 0 Å². The third-order valence-corrected chi connectivity index (χ3v) is 7.50. The van der Waals surface area contributed by atoms with Gasteiger partial charge in [0.05, 0.1) is 39.8 Å². The van der Waals surface area contributed by atoms with Gasteiger partial charge in [0.2, 0.25) is 0 Å². The Morgan fingerprint density at radius 3 is 2.78 bits per heavy atom. The van der Waals surface area contributed by atoms with E-state index in [1.165, 1.54) is 28.4 Å². The fourth-order valence-corrected chi connectivity index (χ4v) is 5.72. The number of rotatable bonds is 3. The van der Waals surface area contributed by atoms with E-state index in [0.717, 1.165) is 12.1 Å². The smallest absolute Gasteiger partial charge is 0.416 e. The topological polar surface area (TPSA) is 110 Å². The van der Waals surface area contributed by atoms with Crippen LogP contribution in [0, 0.1) is 0 Å². The first-order valence-corrected chi connectivity index (χ1v) is 12.2. The average Bonchev–Trinajstić information content (AvgIpc) is 3.60. The van der Waals surface area contributed by atoms with E-state index < -0.39 is 23.7 Å². The number of nitrogens with two attached hydrogens (primary N) is 1. The maximum atomic E-state index is 14.0. The zero-order chi connectivity index (χ0) is 26.1. The highest BCUT2D eigenvalue weighted by Gasteiger charge is 2.38. The van der Waals surface area contributed by atoms with Gasteiger partial charge in [-0.2, -0.15) is 18.3 Å². The number of aryl methyl sites for hydroxylation is 2. The molecule has 1 atom stereocenters. The number of thiazole rings is 1. The number of hydrogen-bond acceptors (Lipinski definition) is 7. The molecule has 5 aromatic rings. The van der Waals surface area contributed by atoms with E-state index in [1.807, 2.05) is 0 Å². The molecule has 0 aliphatic heterocycles. The molecule has 0 bridgehead atoms. The summed E-state index contributed by atoms with van der Waals surface area (Å²) in [5, 5.41) is 18.4. The van der Waals surface area contributed by atoms with Crippen LogP contribution in [-0.2, 0) is 19.6 Å². The van der Waals surface area contributed by atoms with Gasteiger partial charge in [-0.3, -0.25) is 14.4 Å². The van der Waals surface area contributed by atoms with E-state index >= 15 is 0 Å². The lowest BCUT2D eigenvalue weighted by Gasteiger charge is -2.28. The molecule has 0 unspecified atom stereocenters. The molecule has 2 aromatic carbocycles. The van der Waals surface area contributed by atoms with Gasteiger partial charge in [-0.25, -0.2) is 9.97 Å². The average molecular weight is 525 g/mol. The Hall–Kier alpha value is -4.19. The fourth-order valence-electron chi connectivity index (χ4n) is 5.03. The molecule has 37 heavy (non-hydrogen) atoms. The molecule has 3 heterocycles. The van der Waals surface area contributed by atoms with Crippen LogP contribution in [0.5, 0.6) is 5.75 Å². The van der Waals surface area contributed by atoms with E-state index in [-0.39, 0.29) is 17.1 Å². The van der Waals surface area contributed by atoms with Crippen LogP contribution >= 0.6 is 11.3 Å². The molecule has 1 aliphatic rings. The summed E-state index contributed by atoms with van der Waals surface area (Å²) in [7, 11) is 1.74. The van der Waals surface area contributed by atoms with Gasteiger partial charge in [-0.15, -0.1) is 11.3 Å². The molecule has 0 saturated carbocycles. The number of aromatic nitrogens is 4. The minimum absolute atomic E-state index is 0.0112. The van der Waals surface area contributed by atoms with Gasteiger partial charge < -0.3 is 10.8 Å². The number of phenolic OH excluding ortho intramolecular Hbond substituents is 1. The van der Waals surface area contributed by atoms with Crippen LogP contribution in [0.25, 0.3) is 21.8 Å². The van der Waals surface area contributed by atoms with Crippen molar-refractivity contribution < 1.29 is 23.1 Å². The number of halogens is 3.